The number of rotatable bonds is 3. The van der Waals surface area contributed by atoms with Gasteiger partial charge in [0.05, 0.1) is 12.5 Å². The molecule has 0 spiro atoms. The van der Waals surface area contributed by atoms with Gasteiger partial charge in [-0.1, -0.05) is 0 Å². The van der Waals surface area contributed by atoms with Gasteiger partial charge in [-0.05, 0) is 39.4 Å². The lowest BCUT2D eigenvalue weighted by molar-refractivity contribution is 0.177. The molecule has 2 atom stereocenters. The lowest BCUT2D eigenvalue weighted by Crippen LogP contribution is -2.43. The second-order valence-electron chi connectivity index (χ2n) is 3.92. The Balaban J connectivity index is 2.43. The molecule has 1 saturated heterocycles. The molecule has 0 saturated carbocycles. The molecule has 0 aromatic heterocycles. The fourth-order valence-electron chi connectivity index (χ4n) is 2.14. The standard InChI is InChI=1S/C10H19N3/c1-12-10(5-6-11)9-4-3-7-13(2)8-9/h9-10,12H,3-5,7-8H2,1-2H3. The van der Waals surface area contributed by atoms with Crippen LogP contribution in [-0.4, -0.2) is 38.1 Å². The molecule has 1 aliphatic rings. The van der Waals surface area contributed by atoms with Gasteiger partial charge in [-0.3, -0.25) is 0 Å². The maximum Gasteiger partial charge on any atom is 0.0638 e. The van der Waals surface area contributed by atoms with Gasteiger partial charge in [-0.2, -0.15) is 5.26 Å². The monoisotopic (exact) mass is 181 g/mol. The van der Waals surface area contributed by atoms with Crippen molar-refractivity contribution < 1.29 is 0 Å². The van der Waals surface area contributed by atoms with Crippen LogP contribution in [0.5, 0.6) is 0 Å². The molecule has 1 fully saturated rings. The van der Waals surface area contributed by atoms with Crippen LogP contribution >= 0.6 is 0 Å². The summed E-state index contributed by atoms with van der Waals surface area (Å²) in [7, 11) is 4.11. The Labute approximate surface area is 80.7 Å². The molecule has 0 aromatic carbocycles. The van der Waals surface area contributed by atoms with Crippen LogP contribution in [-0.2, 0) is 0 Å². The maximum atomic E-state index is 8.66. The van der Waals surface area contributed by atoms with Crippen LogP contribution in [0.15, 0.2) is 0 Å². The van der Waals surface area contributed by atoms with E-state index in [0.29, 0.717) is 18.4 Å². The van der Waals surface area contributed by atoms with E-state index in [1.165, 1.54) is 19.4 Å². The summed E-state index contributed by atoms with van der Waals surface area (Å²) in [6.07, 6.45) is 3.16. The van der Waals surface area contributed by atoms with Crippen molar-refractivity contribution in [2.45, 2.75) is 25.3 Å². The van der Waals surface area contributed by atoms with E-state index in [-0.39, 0.29) is 0 Å². The second-order valence-corrected chi connectivity index (χ2v) is 3.92. The molecule has 1 aliphatic heterocycles. The molecule has 2 unspecified atom stereocenters. The molecular weight excluding hydrogens is 162 g/mol. The van der Waals surface area contributed by atoms with E-state index < -0.39 is 0 Å². The smallest absolute Gasteiger partial charge is 0.0638 e. The average Bonchev–Trinajstić information content (AvgIpc) is 2.14. The van der Waals surface area contributed by atoms with Gasteiger partial charge in [0.15, 0.2) is 0 Å². The van der Waals surface area contributed by atoms with Crippen molar-refractivity contribution in [1.82, 2.24) is 10.2 Å². The molecule has 1 N–H and O–H groups in total. The van der Waals surface area contributed by atoms with Crippen LogP contribution in [0.4, 0.5) is 0 Å². The molecule has 0 aromatic rings. The minimum absolute atomic E-state index is 0.382. The van der Waals surface area contributed by atoms with Gasteiger partial charge < -0.3 is 10.2 Å². The molecule has 3 heteroatoms. The quantitative estimate of drug-likeness (QED) is 0.701. The average molecular weight is 181 g/mol. The second kappa shape index (κ2) is 5.21. The predicted molar refractivity (Wildman–Crippen MR) is 53.3 cm³/mol. The minimum atomic E-state index is 0.382. The topological polar surface area (TPSA) is 39.1 Å². The van der Waals surface area contributed by atoms with Gasteiger partial charge in [-0.25, -0.2) is 0 Å². The van der Waals surface area contributed by atoms with Crippen molar-refractivity contribution in [2.24, 2.45) is 5.92 Å². The highest BCUT2D eigenvalue weighted by Gasteiger charge is 2.24. The van der Waals surface area contributed by atoms with E-state index in [1.54, 1.807) is 0 Å². The first-order valence-corrected chi connectivity index (χ1v) is 5.00. The molecule has 0 bridgehead atoms. The Morgan fingerprint density at radius 2 is 2.46 bits per heavy atom. The summed E-state index contributed by atoms with van der Waals surface area (Å²) >= 11 is 0. The number of nitrogens with one attached hydrogen (secondary N) is 1. The van der Waals surface area contributed by atoms with Gasteiger partial charge in [0.25, 0.3) is 0 Å². The van der Waals surface area contributed by atoms with Crippen LogP contribution in [0.1, 0.15) is 19.3 Å². The van der Waals surface area contributed by atoms with Crippen LogP contribution in [0.2, 0.25) is 0 Å². The SMILES string of the molecule is CNC(CC#N)C1CCCN(C)C1. The molecule has 0 amide bonds. The largest absolute Gasteiger partial charge is 0.316 e. The summed E-state index contributed by atoms with van der Waals surface area (Å²) in [6, 6.07) is 2.63. The third-order valence-electron chi connectivity index (χ3n) is 2.91. The zero-order valence-electron chi connectivity index (χ0n) is 8.58. The van der Waals surface area contributed by atoms with E-state index >= 15 is 0 Å². The summed E-state index contributed by atoms with van der Waals surface area (Å²) in [5.74, 6) is 0.656. The fraction of sp³-hybridized carbons (Fsp3) is 0.900. The summed E-state index contributed by atoms with van der Waals surface area (Å²) in [4.78, 5) is 2.36. The van der Waals surface area contributed by atoms with E-state index in [0.717, 1.165) is 6.54 Å². The summed E-state index contributed by atoms with van der Waals surface area (Å²) in [6.45, 7) is 2.34. The van der Waals surface area contributed by atoms with Crippen LogP contribution in [0.3, 0.4) is 0 Å². The van der Waals surface area contributed by atoms with E-state index in [4.69, 9.17) is 5.26 Å². The lowest BCUT2D eigenvalue weighted by Gasteiger charge is -2.34. The number of hydrogen-bond donors (Lipinski definition) is 1. The highest BCUT2D eigenvalue weighted by molar-refractivity contribution is 4.87. The van der Waals surface area contributed by atoms with E-state index in [9.17, 15) is 0 Å². The van der Waals surface area contributed by atoms with Gasteiger partial charge in [0.1, 0.15) is 0 Å². The maximum absolute atomic E-state index is 8.66. The number of likely N-dealkylation sites (tertiary alicyclic amines) is 1. The molecule has 0 radical (unpaired) electrons. The molecule has 1 rings (SSSR count). The number of piperidine rings is 1. The lowest BCUT2D eigenvalue weighted by atomic mass is 9.89. The van der Waals surface area contributed by atoms with Crippen LogP contribution < -0.4 is 5.32 Å². The van der Waals surface area contributed by atoms with E-state index in [1.807, 2.05) is 7.05 Å². The van der Waals surface area contributed by atoms with Crippen molar-refractivity contribution in [1.29, 1.82) is 5.26 Å². The first kappa shape index (κ1) is 10.5. The third kappa shape index (κ3) is 2.98. The zero-order valence-corrected chi connectivity index (χ0v) is 8.58. The first-order chi connectivity index (χ1) is 6.27. The molecule has 74 valence electrons. The highest BCUT2D eigenvalue weighted by Crippen LogP contribution is 2.19. The number of hydrogen-bond acceptors (Lipinski definition) is 3. The molecule has 3 nitrogen and oxygen atoms in total. The van der Waals surface area contributed by atoms with Crippen molar-refractivity contribution in [3.05, 3.63) is 0 Å². The van der Waals surface area contributed by atoms with Crippen molar-refractivity contribution in [3.63, 3.8) is 0 Å². The summed E-state index contributed by atoms with van der Waals surface area (Å²) in [5.41, 5.74) is 0. The third-order valence-corrected chi connectivity index (χ3v) is 2.91. The fourth-order valence-corrected chi connectivity index (χ4v) is 2.14. The normalized spacial score (nSPS) is 26.7. The summed E-state index contributed by atoms with van der Waals surface area (Å²) in [5, 5.41) is 11.9. The zero-order chi connectivity index (χ0) is 9.68. The van der Waals surface area contributed by atoms with Crippen LogP contribution in [0.25, 0.3) is 0 Å². The first-order valence-electron chi connectivity index (χ1n) is 5.00. The Bertz CT molecular complexity index is 185. The highest BCUT2D eigenvalue weighted by atomic mass is 15.1. The summed E-state index contributed by atoms with van der Waals surface area (Å²) < 4.78 is 0. The van der Waals surface area contributed by atoms with Crippen molar-refractivity contribution in [3.8, 4) is 6.07 Å². The minimum Gasteiger partial charge on any atom is -0.316 e. The van der Waals surface area contributed by atoms with Crippen LogP contribution in [0, 0.1) is 17.2 Å². The Morgan fingerprint density at radius 1 is 1.69 bits per heavy atom. The van der Waals surface area contributed by atoms with Crippen molar-refractivity contribution >= 4 is 0 Å². The Hall–Kier alpha value is -0.590. The number of nitriles is 1. The van der Waals surface area contributed by atoms with E-state index in [2.05, 4.69) is 23.3 Å². The Kier molecular flexibility index (Phi) is 4.20. The molecular formula is C10H19N3. The van der Waals surface area contributed by atoms with Gasteiger partial charge in [0.2, 0.25) is 0 Å². The molecule has 1 heterocycles. The van der Waals surface area contributed by atoms with Gasteiger partial charge in [-0.15, -0.1) is 0 Å². The Morgan fingerprint density at radius 3 is 3.00 bits per heavy atom. The number of nitrogens with zero attached hydrogens (tertiary/aromatic N) is 2. The molecule has 0 aliphatic carbocycles. The predicted octanol–water partition coefficient (Wildman–Crippen LogP) is 0.830. The van der Waals surface area contributed by atoms with Gasteiger partial charge >= 0.3 is 0 Å². The van der Waals surface area contributed by atoms with Gasteiger partial charge in [0, 0.05) is 12.6 Å². The molecule has 13 heavy (non-hydrogen) atoms. The van der Waals surface area contributed by atoms with Crippen molar-refractivity contribution in [2.75, 3.05) is 27.2 Å².